The van der Waals surface area contributed by atoms with Crippen LogP contribution in [0, 0.1) is 0 Å². The van der Waals surface area contributed by atoms with Crippen molar-refractivity contribution >= 4 is 40.3 Å². The van der Waals surface area contributed by atoms with Crippen molar-refractivity contribution in [3.8, 4) is 0 Å². The van der Waals surface area contributed by atoms with Crippen LogP contribution in [0.15, 0.2) is 140 Å². The van der Waals surface area contributed by atoms with Crippen LogP contribution in [-0.2, 0) is 0 Å². The fourth-order valence-corrected chi connectivity index (χ4v) is 6.17. The lowest BCUT2D eigenvalue weighted by Gasteiger charge is -2.52. The van der Waals surface area contributed by atoms with Gasteiger partial charge in [0.15, 0.2) is 23.3 Å². The minimum Gasteiger partial charge on any atom is -0.266 e. The van der Waals surface area contributed by atoms with Crippen LogP contribution < -0.4 is 19.6 Å². The highest BCUT2D eigenvalue weighted by atomic mass is 15.8. The van der Waals surface area contributed by atoms with Crippen molar-refractivity contribution in [2.75, 3.05) is 19.6 Å². The van der Waals surface area contributed by atoms with Gasteiger partial charge in [0.1, 0.15) is 0 Å². The first kappa shape index (κ1) is 23.4. The Labute approximate surface area is 238 Å². The van der Waals surface area contributed by atoms with E-state index in [0.29, 0.717) is 0 Å². The SMILES string of the molecule is C1=CCCC(N2c3nccnc3N(c3ccccc3)C23N(c2ccccc2)c2nccnc2N3c2ccccc2)=C1. The lowest BCUT2D eigenvalue weighted by Crippen LogP contribution is -2.71. The molecule has 1 aliphatic carbocycles. The van der Waals surface area contributed by atoms with Gasteiger partial charge in [-0.05, 0) is 55.3 Å². The van der Waals surface area contributed by atoms with Crippen LogP contribution in [0.25, 0.3) is 0 Å². The minimum absolute atomic E-state index is 0.744. The van der Waals surface area contributed by atoms with Crippen LogP contribution in [0.3, 0.4) is 0 Å². The molecule has 8 heteroatoms. The average Bonchev–Trinajstić information content (AvgIpc) is 3.51. The first-order valence-corrected chi connectivity index (χ1v) is 13.7. The van der Waals surface area contributed by atoms with E-state index in [2.05, 4.69) is 111 Å². The van der Waals surface area contributed by atoms with Crippen molar-refractivity contribution < 1.29 is 0 Å². The Hall–Kier alpha value is -5.50. The van der Waals surface area contributed by atoms with Crippen LogP contribution in [-0.4, -0.2) is 25.8 Å². The van der Waals surface area contributed by atoms with E-state index in [1.165, 1.54) is 0 Å². The van der Waals surface area contributed by atoms with Gasteiger partial charge in [-0.25, -0.2) is 19.9 Å². The number of para-hydroxylation sites is 3. The molecular formula is C33H26N8. The first-order valence-electron chi connectivity index (χ1n) is 13.7. The Morgan fingerprint density at radius 1 is 0.488 bits per heavy atom. The van der Waals surface area contributed by atoms with Gasteiger partial charge in [-0.15, -0.1) is 0 Å². The fourth-order valence-electron chi connectivity index (χ4n) is 6.17. The van der Waals surface area contributed by atoms with Crippen molar-refractivity contribution in [1.29, 1.82) is 0 Å². The van der Waals surface area contributed by atoms with E-state index in [0.717, 1.165) is 58.9 Å². The maximum Gasteiger partial charge on any atom is 0.300 e. The van der Waals surface area contributed by atoms with Gasteiger partial charge in [0.25, 0.3) is 5.91 Å². The number of nitrogens with zero attached hydrogens (tertiary/aromatic N) is 8. The topological polar surface area (TPSA) is 64.5 Å². The second kappa shape index (κ2) is 9.31. The smallest absolute Gasteiger partial charge is 0.266 e. The number of rotatable bonds is 4. The Morgan fingerprint density at radius 2 is 0.878 bits per heavy atom. The Kier molecular flexibility index (Phi) is 5.31. The van der Waals surface area contributed by atoms with Crippen LogP contribution in [0.1, 0.15) is 12.8 Å². The van der Waals surface area contributed by atoms with Gasteiger partial charge in [-0.2, -0.15) is 0 Å². The summed E-state index contributed by atoms with van der Waals surface area (Å²) in [6, 6.07) is 31.2. The zero-order valence-corrected chi connectivity index (χ0v) is 22.2. The molecule has 0 atom stereocenters. The molecule has 8 nitrogen and oxygen atoms in total. The molecule has 2 aliphatic heterocycles. The lowest BCUT2D eigenvalue weighted by atomic mass is 10.1. The molecule has 3 aromatic carbocycles. The molecule has 5 aromatic rings. The highest BCUT2D eigenvalue weighted by molar-refractivity contribution is 5.96. The summed E-state index contributed by atoms with van der Waals surface area (Å²) in [4.78, 5) is 29.1. The van der Waals surface area contributed by atoms with E-state index in [9.17, 15) is 0 Å². The normalized spacial score (nSPS) is 16.6. The van der Waals surface area contributed by atoms with Crippen LogP contribution in [0.4, 0.5) is 40.3 Å². The van der Waals surface area contributed by atoms with E-state index in [-0.39, 0.29) is 0 Å². The standard InChI is InChI=1S/C33H26N8/c1-5-13-25(14-6-1)38-29-30(35-22-21-34-29)39(26-15-7-2-8-16-26)33(38)40(27-17-9-3-10-18-27)31-32(37-24-23-36-31)41(33)28-19-11-4-12-20-28/h1-11,13-19,21-24H,12,20H2. The highest BCUT2D eigenvalue weighted by Crippen LogP contribution is 2.61. The molecule has 41 heavy (non-hydrogen) atoms. The van der Waals surface area contributed by atoms with Crippen molar-refractivity contribution in [2.45, 2.75) is 18.8 Å². The van der Waals surface area contributed by atoms with E-state index in [1.807, 2.05) is 18.2 Å². The summed E-state index contributed by atoms with van der Waals surface area (Å²) in [5.74, 6) is 1.94. The Balaban J connectivity index is 1.55. The number of hydrogen-bond donors (Lipinski definition) is 0. The number of allylic oxidation sites excluding steroid dienone is 4. The van der Waals surface area contributed by atoms with Gasteiger partial charge < -0.3 is 0 Å². The van der Waals surface area contributed by atoms with Crippen molar-refractivity contribution in [1.82, 2.24) is 19.9 Å². The van der Waals surface area contributed by atoms with Gasteiger partial charge in [-0.1, -0.05) is 66.7 Å². The monoisotopic (exact) mass is 534 g/mol. The average molecular weight is 535 g/mol. The van der Waals surface area contributed by atoms with E-state index in [1.54, 1.807) is 24.8 Å². The second-order valence-electron chi connectivity index (χ2n) is 9.98. The third kappa shape index (κ3) is 3.34. The summed E-state index contributed by atoms with van der Waals surface area (Å²) < 4.78 is 0. The molecule has 0 fully saturated rings. The Morgan fingerprint density at radius 3 is 1.24 bits per heavy atom. The molecule has 0 amide bonds. The second-order valence-corrected chi connectivity index (χ2v) is 9.98. The third-order valence-corrected chi connectivity index (χ3v) is 7.69. The molecule has 198 valence electrons. The number of aromatic nitrogens is 4. The first-order chi connectivity index (χ1) is 20.4. The summed E-state index contributed by atoms with van der Waals surface area (Å²) in [5.41, 5.74) is 4.04. The molecule has 2 aromatic heterocycles. The van der Waals surface area contributed by atoms with Crippen LogP contribution in [0.2, 0.25) is 0 Å². The van der Waals surface area contributed by atoms with Gasteiger partial charge in [0.05, 0.1) is 0 Å². The maximum atomic E-state index is 4.99. The van der Waals surface area contributed by atoms with E-state index >= 15 is 0 Å². The lowest BCUT2D eigenvalue weighted by molar-refractivity contribution is 0.455. The van der Waals surface area contributed by atoms with Gasteiger partial charge in [0.2, 0.25) is 0 Å². The molecule has 0 saturated heterocycles. The molecular weight excluding hydrogens is 508 g/mol. The number of benzene rings is 3. The van der Waals surface area contributed by atoms with Gasteiger partial charge in [-0.3, -0.25) is 19.6 Å². The fraction of sp³-hybridized carbons (Fsp3) is 0.0909. The quantitative estimate of drug-likeness (QED) is 0.243. The summed E-state index contributed by atoms with van der Waals surface area (Å²) in [6.07, 6.45) is 15.4. The zero-order chi connectivity index (χ0) is 27.2. The molecule has 3 aliphatic rings. The maximum absolute atomic E-state index is 4.99. The number of anilines is 7. The van der Waals surface area contributed by atoms with E-state index < -0.39 is 5.91 Å². The van der Waals surface area contributed by atoms with Crippen LogP contribution >= 0.6 is 0 Å². The van der Waals surface area contributed by atoms with Crippen molar-refractivity contribution in [2.24, 2.45) is 0 Å². The molecule has 0 bridgehead atoms. The molecule has 0 N–H and O–H groups in total. The molecule has 4 heterocycles. The Bertz CT molecular complexity index is 1650. The van der Waals surface area contributed by atoms with Gasteiger partial charge >= 0.3 is 0 Å². The highest BCUT2D eigenvalue weighted by Gasteiger charge is 2.67. The summed E-state index contributed by atoms with van der Waals surface area (Å²) in [5, 5.41) is 0. The van der Waals surface area contributed by atoms with Crippen molar-refractivity contribution in [3.63, 3.8) is 0 Å². The molecule has 8 rings (SSSR count). The molecule has 1 spiro atoms. The summed E-state index contributed by atoms with van der Waals surface area (Å²) in [7, 11) is 0. The van der Waals surface area contributed by atoms with E-state index in [4.69, 9.17) is 19.9 Å². The van der Waals surface area contributed by atoms with Gasteiger partial charge in [0, 0.05) is 47.5 Å². The summed E-state index contributed by atoms with van der Waals surface area (Å²) in [6.45, 7) is 0. The predicted molar refractivity (Wildman–Crippen MR) is 161 cm³/mol. The predicted octanol–water partition coefficient (Wildman–Crippen LogP) is 7.06. The molecule has 0 radical (unpaired) electrons. The number of hydrogen-bond acceptors (Lipinski definition) is 8. The largest absolute Gasteiger partial charge is 0.300 e. The molecule has 0 saturated carbocycles. The number of fused-ring (bicyclic) bond motifs is 2. The third-order valence-electron chi connectivity index (χ3n) is 7.69. The molecule has 0 unspecified atom stereocenters. The minimum atomic E-state index is -1.07. The zero-order valence-electron chi connectivity index (χ0n) is 22.2. The van der Waals surface area contributed by atoms with Crippen LogP contribution in [0.5, 0.6) is 0 Å². The van der Waals surface area contributed by atoms with Crippen molar-refractivity contribution in [3.05, 3.63) is 140 Å². The summed E-state index contributed by atoms with van der Waals surface area (Å²) >= 11 is 0.